The van der Waals surface area contributed by atoms with Gasteiger partial charge in [-0.1, -0.05) is 0 Å². The van der Waals surface area contributed by atoms with Crippen LogP contribution < -0.4 is 10.5 Å². The average Bonchev–Trinajstić information content (AvgIpc) is 2.78. The van der Waals surface area contributed by atoms with Gasteiger partial charge in [0.25, 0.3) is 0 Å². The van der Waals surface area contributed by atoms with Crippen molar-refractivity contribution in [2.75, 3.05) is 13.7 Å². The fraction of sp³-hybridized carbons (Fsp3) is 0.273. The first-order chi connectivity index (χ1) is 7.70. The van der Waals surface area contributed by atoms with E-state index < -0.39 is 0 Å². The third-order valence-corrected chi connectivity index (χ3v) is 2.69. The molecule has 0 radical (unpaired) electrons. The number of ether oxygens (including phenoxy) is 1. The smallest absolute Gasteiger partial charge is 0.186 e. The lowest BCUT2D eigenvalue weighted by Gasteiger charge is -2.08. The molecule has 0 atom stereocenters. The molecule has 0 amide bonds. The van der Waals surface area contributed by atoms with Crippen molar-refractivity contribution in [3.05, 3.63) is 29.8 Å². The Hall–Kier alpha value is -1.62. The molecule has 0 bridgehead atoms. The van der Waals surface area contributed by atoms with E-state index in [-0.39, 0.29) is 0 Å². The highest BCUT2D eigenvalue weighted by atomic mass is 32.1. The molecule has 0 aliphatic carbocycles. The first-order valence-corrected chi connectivity index (χ1v) is 5.40. The Balaban J connectivity index is 2.19. The third-order valence-electron chi connectivity index (χ3n) is 2.48. The van der Waals surface area contributed by atoms with Gasteiger partial charge in [-0.15, -0.1) is 0 Å². The van der Waals surface area contributed by atoms with Crippen LogP contribution in [0.2, 0.25) is 0 Å². The van der Waals surface area contributed by atoms with Crippen molar-refractivity contribution >= 4 is 23.0 Å². The van der Waals surface area contributed by atoms with E-state index in [9.17, 15) is 0 Å². The summed E-state index contributed by atoms with van der Waals surface area (Å²) in [5, 5.41) is 6.33. The second-order valence-electron chi connectivity index (χ2n) is 3.49. The van der Waals surface area contributed by atoms with Gasteiger partial charge in [0.05, 0.1) is 12.8 Å². The van der Waals surface area contributed by atoms with Gasteiger partial charge in [-0.05, 0) is 42.0 Å². The largest absolute Gasteiger partial charge is 0.497 e. The topological polar surface area (TPSA) is 50.8 Å². The molecule has 0 aromatic heterocycles. The summed E-state index contributed by atoms with van der Waals surface area (Å²) in [5.74, 6) is 0.841. The van der Waals surface area contributed by atoms with Crippen molar-refractivity contribution < 1.29 is 4.74 Å². The number of nitrogens with zero attached hydrogens (tertiary/aromatic N) is 2. The normalized spacial score (nSPS) is 14.8. The maximum Gasteiger partial charge on any atom is 0.186 e. The number of hydrogen-bond donors (Lipinski definition) is 1. The van der Waals surface area contributed by atoms with Gasteiger partial charge in [-0.25, -0.2) is 5.01 Å². The minimum Gasteiger partial charge on any atom is -0.497 e. The first-order valence-electron chi connectivity index (χ1n) is 4.99. The highest BCUT2D eigenvalue weighted by molar-refractivity contribution is 7.80. The first kappa shape index (κ1) is 10.9. The zero-order valence-corrected chi connectivity index (χ0v) is 9.83. The van der Waals surface area contributed by atoms with Crippen LogP contribution in [-0.2, 0) is 0 Å². The molecule has 0 fully saturated rings. The number of thiocarbonyl (C=S) groups is 1. The summed E-state index contributed by atoms with van der Waals surface area (Å²) in [5.41, 5.74) is 7.61. The zero-order chi connectivity index (χ0) is 11.5. The van der Waals surface area contributed by atoms with Gasteiger partial charge in [0.15, 0.2) is 5.11 Å². The van der Waals surface area contributed by atoms with Crippen molar-refractivity contribution in [3.63, 3.8) is 0 Å². The minimum absolute atomic E-state index is 0.323. The van der Waals surface area contributed by atoms with Gasteiger partial charge >= 0.3 is 0 Å². The molecule has 1 aromatic rings. The summed E-state index contributed by atoms with van der Waals surface area (Å²) in [4.78, 5) is 0. The Morgan fingerprint density at radius 2 is 2.12 bits per heavy atom. The van der Waals surface area contributed by atoms with Crippen LogP contribution in [0.25, 0.3) is 0 Å². The van der Waals surface area contributed by atoms with Gasteiger partial charge in [0.2, 0.25) is 0 Å². The van der Waals surface area contributed by atoms with Gasteiger partial charge in [0.1, 0.15) is 5.75 Å². The summed E-state index contributed by atoms with van der Waals surface area (Å²) in [7, 11) is 1.65. The Morgan fingerprint density at radius 1 is 1.44 bits per heavy atom. The fourth-order valence-corrected chi connectivity index (χ4v) is 1.73. The molecule has 0 saturated heterocycles. The number of benzene rings is 1. The number of hydrogen-bond acceptors (Lipinski definition) is 3. The van der Waals surface area contributed by atoms with Crippen molar-refractivity contribution in [1.82, 2.24) is 5.01 Å². The van der Waals surface area contributed by atoms with Gasteiger partial charge in [-0.2, -0.15) is 5.10 Å². The van der Waals surface area contributed by atoms with Crippen molar-refractivity contribution in [3.8, 4) is 5.75 Å². The SMILES string of the molecule is COc1ccc(C2=NN(C(N)=S)CC2)cc1. The van der Waals surface area contributed by atoms with E-state index in [4.69, 9.17) is 22.7 Å². The Labute approximate surface area is 99.7 Å². The molecule has 16 heavy (non-hydrogen) atoms. The molecule has 4 nitrogen and oxygen atoms in total. The number of methoxy groups -OCH3 is 1. The maximum absolute atomic E-state index is 5.51. The second kappa shape index (κ2) is 4.49. The molecule has 1 heterocycles. The van der Waals surface area contributed by atoms with Crippen LogP contribution in [0.3, 0.4) is 0 Å². The standard InChI is InChI=1S/C11H13N3OS/c1-15-9-4-2-8(3-5-9)10-6-7-14(13-10)11(12)16/h2-5H,6-7H2,1H3,(H2,12,16). The molecule has 2 rings (SSSR count). The molecule has 1 aliphatic rings. The number of hydrazone groups is 1. The van der Waals surface area contributed by atoms with Crippen LogP contribution in [0.15, 0.2) is 29.4 Å². The van der Waals surface area contributed by atoms with Gasteiger partial charge in [0, 0.05) is 13.0 Å². The third kappa shape index (κ3) is 2.14. The average molecular weight is 235 g/mol. The maximum atomic E-state index is 5.51. The molecule has 1 aromatic carbocycles. The summed E-state index contributed by atoms with van der Waals surface area (Å²) < 4.78 is 5.10. The van der Waals surface area contributed by atoms with E-state index in [0.29, 0.717) is 5.11 Å². The molecule has 84 valence electrons. The molecular weight excluding hydrogens is 222 g/mol. The summed E-state index contributed by atoms with van der Waals surface area (Å²) >= 11 is 4.87. The molecule has 5 heteroatoms. The lowest BCUT2D eigenvalue weighted by Crippen LogP contribution is -2.28. The minimum atomic E-state index is 0.323. The Morgan fingerprint density at radius 3 is 2.62 bits per heavy atom. The van der Waals surface area contributed by atoms with Crippen LogP contribution in [0.4, 0.5) is 0 Å². The number of nitrogens with two attached hydrogens (primary N) is 1. The monoisotopic (exact) mass is 235 g/mol. The van der Waals surface area contributed by atoms with Crippen LogP contribution in [0.1, 0.15) is 12.0 Å². The van der Waals surface area contributed by atoms with E-state index >= 15 is 0 Å². The van der Waals surface area contributed by atoms with Crippen molar-refractivity contribution in [1.29, 1.82) is 0 Å². The molecule has 0 spiro atoms. The van der Waals surface area contributed by atoms with Gasteiger partial charge in [-0.3, -0.25) is 0 Å². The second-order valence-corrected chi connectivity index (χ2v) is 3.90. The highest BCUT2D eigenvalue weighted by Gasteiger charge is 2.17. The van der Waals surface area contributed by atoms with E-state index in [0.717, 1.165) is 30.0 Å². The molecule has 1 aliphatic heterocycles. The predicted octanol–water partition coefficient (Wildman–Crippen LogP) is 1.35. The summed E-state index contributed by atoms with van der Waals surface area (Å²) in [6.45, 7) is 0.761. The quantitative estimate of drug-likeness (QED) is 0.786. The van der Waals surface area contributed by atoms with E-state index in [1.807, 2.05) is 24.3 Å². The van der Waals surface area contributed by atoms with E-state index in [2.05, 4.69) is 5.10 Å². The lowest BCUT2D eigenvalue weighted by molar-refractivity contribution is 0.415. The Bertz CT molecular complexity index is 427. The molecule has 0 unspecified atom stereocenters. The van der Waals surface area contributed by atoms with E-state index in [1.165, 1.54) is 0 Å². The predicted molar refractivity (Wildman–Crippen MR) is 67.6 cm³/mol. The van der Waals surface area contributed by atoms with Gasteiger partial charge < -0.3 is 10.5 Å². The lowest BCUT2D eigenvalue weighted by atomic mass is 10.1. The van der Waals surface area contributed by atoms with Crippen LogP contribution in [0.5, 0.6) is 5.75 Å². The van der Waals surface area contributed by atoms with Crippen LogP contribution in [-0.4, -0.2) is 29.5 Å². The highest BCUT2D eigenvalue weighted by Crippen LogP contribution is 2.17. The molecule has 2 N–H and O–H groups in total. The van der Waals surface area contributed by atoms with Crippen molar-refractivity contribution in [2.45, 2.75) is 6.42 Å². The Kier molecular flexibility index (Phi) is 3.05. The summed E-state index contributed by atoms with van der Waals surface area (Å²) in [6, 6.07) is 7.81. The van der Waals surface area contributed by atoms with Crippen molar-refractivity contribution in [2.24, 2.45) is 10.8 Å². The molecule has 0 saturated carbocycles. The number of rotatable bonds is 2. The van der Waals surface area contributed by atoms with Crippen LogP contribution in [0, 0.1) is 0 Å². The summed E-state index contributed by atoms with van der Waals surface area (Å²) in [6.07, 6.45) is 0.865. The fourth-order valence-electron chi connectivity index (χ4n) is 1.60. The van der Waals surface area contributed by atoms with Crippen LogP contribution >= 0.6 is 12.2 Å². The zero-order valence-electron chi connectivity index (χ0n) is 9.01. The van der Waals surface area contributed by atoms with E-state index in [1.54, 1.807) is 12.1 Å². The molecular formula is C11H13N3OS.